The minimum Gasteiger partial charge on any atom is -0.359 e. The molecular formula is C8H17NO. The molecule has 0 amide bonds. The largest absolute Gasteiger partial charge is 0.359 e. The van der Waals surface area contributed by atoms with E-state index >= 15 is 0 Å². The van der Waals surface area contributed by atoms with Crippen LogP contribution in [0.2, 0.25) is 0 Å². The predicted octanol–water partition coefficient (Wildman–Crippen LogP) is 1.51. The van der Waals surface area contributed by atoms with Gasteiger partial charge in [0.1, 0.15) is 5.72 Å². The number of ether oxygens (including phenoxy) is 1. The van der Waals surface area contributed by atoms with Gasteiger partial charge in [0.05, 0.1) is 6.61 Å². The lowest BCUT2D eigenvalue weighted by molar-refractivity contribution is 0.00325. The Morgan fingerprint density at radius 1 is 1.40 bits per heavy atom. The smallest absolute Gasteiger partial charge is 0.116 e. The van der Waals surface area contributed by atoms with Gasteiger partial charge in [-0.15, -0.1) is 0 Å². The maximum absolute atomic E-state index is 5.59. The van der Waals surface area contributed by atoms with Crippen molar-refractivity contribution < 1.29 is 4.74 Å². The van der Waals surface area contributed by atoms with Crippen LogP contribution in [0, 0.1) is 0 Å². The summed E-state index contributed by atoms with van der Waals surface area (Å²) in [5.41, 5.74) is 0.0776. The minimum atomic E-state index is -0.0799. The molecule has 1 saturated heterocycles. The van der Waals surface area contributed by atoms with Gasteiger partial charge in [-0.2, -0.15) is 0 Å². The van der Waals surface area contributed by atoms with Gasteiger partial charge < -0.3 is 4.74 Å². The zero-order valence-electron chi connectivity index (χ0n) is 7.32. The average molecular weight is 143 g/mol. The average Bonchev–Trinajstić information content (AvgIpc) is 2.08. The molecule has 2 heteroatoms. The van der Waals surface area contributed by atoms with Gasteiger partial charge in [-0.1, -0.05) is 6.92 Å². The summed E-state index contributed by atoms with van der Waals surface area (Å²) in [6.07, 6.45) is 1.02. The summed E-state index contributed by atoms with van der Waals surface area (Å²) in [4.78, 5) is 0. The highest BCUT2D eigenvalue weighted by Crippen LogP contribution is 2.24. The van der Waals surface area contributed by atoms with Crippen molar-refractivity contribution in [3.8, 4) is 0 Å². The first-order chi connectivity index (χ1) is 4.47. The molecule has 0 aromatic rings. The van der Waals surface area contributed by atoms with Gasteiger partial charge in [-0.3, -0.25) is 5.32 Å². The molecule has 10 heavy (non-hydrogen) atoms. The quantitative estimate of drug-likeness (QED) is 0.600. The Labute approximate surface area is 63.0 Å². The van der Waals surface area contributed by atoms with Gasteiger partial charge in [-0.25, -0.2) is 0 Å². The van der Waals surface area contributed by atoms with Crippen molar-refractivity contribution in [1.29, 1.82) is 0 Å². The molecule has 1 rings (SSSR count). The fourth-order valence-electron chi connectivity index (χ4n) is 1.32. The second kappa shape index (κ2) is 2.21. The third kappa shape index (κ3) is 1.50. The Morgan fingerprint density at radius 2 is 2.00 bits per heavy atom. The highest BCUT2D eigenvalue weighted by molar-refractivity contribution is 4.91. The lowest BCUT2D eigenvalue weighted by atomic mass is 10.1. The van der Waals surface area contributed by atoms with Crippen LogP contribution >= 0.6 is 0 Å². The van der Waals surface area contributed by atoms with Crippen molar-refractivity contribution in [3.05, 3.63) is 0 Å². The summed E-state index contributed by atoms with van der Waals surface area (Å²) < 4.78 is 5.59. The summed E-state index contributed by atoms with van der Waals surface area (Å²) in [5.74, 6) is 0. The first kappa shape index (κ1) is 8.02. The molecule has 0 radical (unpaired) electrons. The van der Waals surface area contributed by atoms with Gasteiger partial charge in [0.25, 0.3) is 0 Å². The first-order valence-electron chi connectivity index (χ1n) is 3.91. The van der Waals surface area contributed by atoms with E-state index in [0.717, 1.165) is 13.0 Å². The highest BCUT2D eigenvalue weighted by Gasteiger charge is 2.38. The fraction of sp³-hybridized carbons (Fsp3) is 1.00. The Bertz CT molecular complexity index is 133. The molecule has 0 spiro atoms. The number of hydrogen-bond donors (Lipinski definition) is 1. The van der Waals surface area contributed by atoms with Crippen LogP contribution in [0.25, 0.3) is 0 Å². The molecule has 60 valence electrons. The maximum atomic E-state index is 5.59. The maximum Gasteiger partial charge on any atom is 0.116 e. The summed E-state index contributed by atoms with van der Waals surface area (Å²) in [7, 11) is 0. The van der Waals surface area contributed by atoms with Crippen LogP contribution in [0.4, 0.5) is 0 Å². The highest BCUT2D eigenvalue weighted by atomic mass is 16.5. The standard InChI is InChI=1S/C8H17NO/c1-5-8(4)9-7(2,3)6-10-8/h9H,5-6H2,1-4H3/t8-/m0/s1. The van der Waals surface area contributed by atoms with E-state index in [1.165, 1.54) is 0 Å². The first-order valence-corrected chi connectivity index (χ1v) is 3.91. The Hall–Kier alpha value is -0.0800. The van der Waals surface area contributed by atoms with Crippen molar-refractivity contribution in [2.75, 3.05) is 6.61 Å². The molecule has 1 aliphatic heterocycles. The van der Waals surface area contributed by atoms with E-state index in [2.05, 4.69) is 33.0 Å². The van der Waals surface area contributed by atoms with E-state index in [1.807, 2.05) is 0 Å². The Balaban J connectivity index is 2.57. The lowest BCUT2D eigenvalue weighted by Gasteiger charge is -2.24. The Kier molecular flexibility index (Phi) is 1.77. The summed E-state index contributed by atoms with van der Waals surface area (Å²) in [6, 6.07) is 0. The van der Waals surface area contributed by atoms with Gasteiger partial charge in [0.15, 0.2) is 0 Å². The molecule has 1 heterocycles. The fourth-order valence-corrected chi connectivity index (χ4v) is 1.32. The number of rotatable bonds is 1. The van der Waals surface area contributed by atoms with Gasteiger partial charge in [0.2, 0.25) is 0 Å². The normalized spacial score (nSPS) is 38.4. The zero-order chi connectivity index (χ0) is 7.83. The molecule has 1 fully saturated rings. The van der Waals surface area contributed by atoms with Crippen LogP contribution in [0.1, 0.15) is 34.1 Å². The monoisotopic (exact) mass is 143 g/mol. The van der Waals surface area contributed by atoms with Crippen LogP contribution in [0.3, 0.4) is 0 Å². The zero-order valence-corrected chi connectivity index (χ0v) is 7.32. The Morgan fingerprint density at radius 3 is 2.20 bits per heavy atom. The predicted molar refractivity (Wildman–Crippen MR) is 41.9 cm³/mol. The summed E-state index contributed by atoms with van der Waals surface area (Å²) >= 11 is 0. The molecule has 2 nitrogen and oxygen atoms in total. The van der Waals surface area contributed by atoms with Gasteiger partial charge >= 0.3 is 0 Å². The SMILES string of the molecule is CC[C@@]1(C)NC(C)(C)CO1. The van der Waals surface area contributed by atoms with Crippen molar-refractivity contribution in [2.45, 2.75) is 45.4 Å². The van der Waals surface area contributed by atoms with E-state index in [-0.39, 0.29) is 11.3 Å². The third-order valence-electron chi connectivity index (χ3n) is 2.03. The number of nitrogens with one attached hydrogen (secondary N) is 1. The molecule has 0 aromatic carbocycles. The summed E-state index contributed by atoms with van der Waals surface area (Å²) in [6.45, 7) is 9.37. The van der Waals surface area contributed by atoms with Crippen molar-refractivity contribution in [1.82, 2.24) is 5.32 Å². The van der Waals surface area contributed by atoms with Crippen molar-refractivity contribution in [2.24, 2.45) is 0 Å². The minimum absolute atomic E-state index is 0.0799. The van der Waals surface area contributed by atoms with Crippen LogP contribution < -0.4 is 5.32 Å². The van der Waals surface area contributed by atoms with Crippen LogP contribution in [-0.2, 0) is 4.74 Å². The molecule has 0 bridgehead atoms. The molecule has 0 saturated carbocycles. The van der Waals surface area contributed by atoms with Crippen molar-refractivity contribution in [3.63, 3.8) is 0 Å². The van der Waals surface area contributed by atoms with Gasteiger partial charge in [-0.05, 0) is 27.2 Å². The molecule has 1 atom stereocenters. The molecule has 1 aliphatic rings. The second-order valence-corrected chi connectivity index (χ2v) is 3.88. The van der Waals surface area contributed by atoms with E-state index in [4.69, 9.17) is 4.74 Å². The third-order valence-corrected chi connectivity index (χ3v) is 2.03. The molecule has 1 N–H and O–H groups in total. The number of hydrogen-bond acceptors (Lipinski definition) is 2. The molecule has 0 aromatic heterocycles. The molecular weight excluding hydrogens is 126 g/mol. The van der Waals surface area contributed by atoms with E-state index in [9.17, 15) is 0 Å². The van der Waals surface area contributed by atoms with E-state index in [0.29, 0.717) is 0 Å². The molecule has 0 aliphatic carbocycles. The second-order valence-electron chi connectivity index (χ2n) is 3.88. The lowest BCUT2D eigenvalue weighted by Crippen LogP contribution is -2.45. The summed E-state index contributed by atoms with van der Waals surface area (Å²) in [5, 5.41) is 3.43. The van der Waals surface area contributed by atoms with Crippen LogP contribution in [-0.4, -0.2) is 17.9 Å². The van der Waals surface area contributed by atoms with Crippen LogP contribution in [0.5, 0.6) is 0 Å². The van der Waals surface area contributed by atoms with Gasteiger partial charge in [0, 0.05) is 5.54 Å². The van der Waals surface area contributed by atoms with E-state index < -0.39 is 0 Å². The van der Waals surface area contributed by atoms with Crippen LogP contribution in [0.15, 0.2) is 0 Å². The van der Waals surface area contributed by atoms with E-state index in [1.54, 1.807) is 0 Å². The topological polar surface area (TPSA) is 21.3 Å². The van der Waals surface area contributed by atoms with Crippen molar-refractivity contribution >= 4 is 0 Å². The molecule has 0 unspecified atom stereocenters.